The molecule has 1 aromatic carbocycles. The molecule has 0 aliphatic carbocycles. The van der Waals surface area contributed by atoms with Crippen molar-refractivity contribution in [3.8, 4) is 5.75 Å². The molecule has 19 heavy (non-hydrogen) atoms. The van der Waals surface area contributed by atoms with Crippen LogP contribution in [-0.2, 0) is 9.59 Å². The fourth-order valence-electron chi connectivity index (χ4n) is 1.33. The van der Waals surface area contributed by atoms with Crippen molar-refractivity contribution in [1.29, 1.82) is 0 Å². The van der Waals surface area contributed by atoms with Gasteiger partial charge in [0.15, 0.2) is 0 Å². The van der Waals surface area contributed by atoms with Gasteiger partial charge in [0.1, 0.15) is 17.6 Å². The first kappa shape index (κ1) is 14.4. The van der Waals surface area contributed by atoms with Gasteiger partial charge in [-0.1, -0.05) is 0 Å². The minimum absolute atomic E-state index is 0.374. The van der Waals surface area contributed by atoms with Gasteiger partial charge in [-0.15, -0.1) is 0 Å². The lowest BCUT2D eigenvalue weighted by molar-refractivity contribution is -0.140. The molecule has 0 heterocycles. The molecule has 0 saturated heterocycles. The van der Waals surface area contributed by atoms with Gasteiger partial charge in [0.2, 0.25) is 5.91 Å². The topological polar surface area (TPSA) is 130 Å². The molecule has 0 fully saturated rings. The number of primary amides is 1. The Morgan fingerprint density at radius 3 is 2.47 bits per heavy atom. The van der Waals surface area contributed by atoms with E-state index in [1.54, 1.807) is 0 Å². The van der Waals surface area contributed by atoms with Crippen molar-refractivity contribution in [1.82, 2.24) is 5.32 Å². The molecule has 0 unspecified atom stereocenters. The van der Waals surface area contributed by atoms with Gasteiger partial charge in [0.05, 0.1) is 12.0 Å². The van der Waals surface area contributed by atoms with Crippen LogP contribution in [0.1, 0.15) is 16.8 Å². The van der Waals surface area contributed by atoms with E-state index in [0.717, 1.165) is 12.1 Å². The summed E-state index contributed by atoms with van der Waals surface area (Å²) >= 11 is 0. The van der Waals surface area contributed by atoms with Crippen LogP contribution in [0, 0.1) is 5.82 Å². The molecule has 7 nitrogen and oxygen atoms in total. The summed E-state index contributed by atoms with van der Waals surface area (Å²) in [6.45, 7) is 0. The Balaban J connectivity index is 2.87. The zero-order chi connectivity index (χ0) is 14.6. The highest BCUT2D eigenvalue weighted by Gasteiger charge is 2.24. The Morgan fingerprint density at radius 2 is 2.00 bits per heavy atom. The van der Waals surface area contributed by atoms with Crippen LogP contribution in [0.3, 0.4) is 0 Å². The standard InChI is InChI=1S/C11H11FN2O5/c12-7-3-5(15)1-2-6(7)10(17)14-8(11(18)19)4-9(13)16/h1-3,8,15H,4H2,(H2,13,16)(H,14,17)(H,18,19)/t8-/m1/s1. The number of hydrogen-bond acceptors (Lipinski definition) is 4. The molecular weight excluding hydrogens is 259 g/mol. The van der Waals surface area contributed by atoms with E-state index >= 15 is 0 Å². The summed E-state index contributed by atoms with van der Waals surface area (Å²) in [5.41, 5.74) is 4.38. The first-order valence-electron chi connectivity index (χ1n) is 5.11. The number of carbonyl (C=O) groups is 3. The summed E-state index contributed by atoms with van der Waals surface area (Å²) in [6, 6.07) is 1.22. The highest BCUT2D eigenvalue weighted by molar-refractivity contribution is 5.97. The SMILES string of the molecule is NC(=O)C[C@@H](NC(=O)c1ccc(O)cc1F)C(=O)O. The Kier molecular flexibility index (Phi) is 4.41. The van der Waals surface area contributed by atoms with Gasteiger partial charge in [0, 0.05) is 6.07 Å². The lowest BCUT2D eigenvalue weighted by atomic mass is 10.1. The maximum Gasteiger partial charge on any atom is 0.326 e. The van der Waals surface area contributed by atoms with E-state index in [1.165, 1.54) is 0 Å². The molecule has 8 heteroatoms. The summed E-state index contributed by atoms with van der Waals surface area (Å²) in [6.07, 6.45) is -0.610. The van der Waals surface area contributed by atoms with E-state index in [-0.39, 0.29) is 5.75 Å². The highest BCUT2D eigenvalue weighted by atomic mass is 19.1. The third-order valence-corrected chi connectivity index (χ3v) is 2.21. The van der Waals surface area contributed by atoms with Crippen LogP contribution in [0.25, 0.3) is 0 Å². The molecule has 0 aliphatic rings. The van der Waals surface area contributed by atoms with Crippen LogP contribution < -0.4 is 11.1 Å². The van der Waals surface area contributed by atoms with Crippen LogP contribution in [0.4, 0.5) is 4.39 Å². The molecule has 0 spiro atoms. The molecule has 1 aromatic rings. The second-order valence-electron chi connectivity index (χ2n) is 3.70. The number of hydrogen-bond donors (Lipinski definition) is 4. The van der Waals surface area contributed by atoms with Crippen molar-refractivity contribution >= 4 is 17.8 Å². The number of aliphatic carboxylic acids is 1. The minimum atomic E-state index is -1.54. The Hall–Kier alpha value is -2.64. The lowest BCUT2D eigenvalue weighted by Crippen LogP contribution is -2.43. The Bertz CT molecular complexity index is 532. The van der Waals surface area contributed by atoms with Crippen molar-refractivity contribution in [2.45, 2.75) is 12.5 Å². The second-order valence-corrected chi connectivity index (χ2v) is 3.70. The molecule has 1 atom stereocenters. The summed E-state index contributed by atoms with van der Waals surface area (Å²) < 4.78 is 13.4. The molecule has 0 bridgehead atoms. The molecule has 0 aliphatic heterocycles. The van der Waals surface area contributed by atoms with E-state index in [2.05, 4.69) is 0 Å². The zero-order valence-electron chi connectivity index (χ0n) is 9.59. The molecule has 102 valence electrons. The number of phenols is 1. The van der Waals surface area contributed by atoms with Crippen molar-refractivity contribution in [2.75, 3.05) is 0 Å². The normalized spacial score (nSPS) is 11.6. The number of nitrogens with two attached hydrogens (primary N) is 1. The molecule has 0 aromatic heterocycles. The van der Waals surface area contributed by atoms with Crippen LogP contribution in [0.5, 0.6) is 5.75 Å². The third kappa shape index (κ3) is 3.95. The monoisotopic (exact) mass is 270 g/mol. The van der Waals surface area contributed by atoms with Gasteiger partial charge >= 0.3 is 5.97 Å². The summed E-state index contributed by atoms with van der Waals surface area (Å²) in [4.78, 5) is 33.1. The Labute approximate surface area is 106 Å². The molecule has 0 radical (unpaired) electrons. The van der Waals surface area contributed by atoms with Crippen molar-refractivity contribution < 1.29 is 29.0 Å². The maximum absolute atomic E-state index is 13.4. The summed E-state index contributed by atoms with van der Waals surface area (Å²) in [7, 11) is 0. The molecule has 2 amide bonds. The van der Waals surface area contributed by atoms with Crippen LogP contribution >= 0.6 is 0 Å². The van der Waals surface area contributed by atoms with Gasteiger partial charge in [-0.2, -0.15) is 0 Å². The zero-order valence-corrected chi connectivity index (χ0v) is 9.59. The third-order valence-electron chi connectivity index (χ3n) is 2.21. The maximum atomic E-state index is 13.4. The molecule has 1 rings (SSSR count). The molecule has 5 N–H and O–H groups in total. The first-order valence-corrected chi connectivity index (χ1v) is 5.11. The van der Waals surface area contributed by atoms with Gasteiger partial charge < -0.3 is 21.3 Å². The molecular formula is C11H11FN2O5. The number of nitrogens with one attached hydrogen (secondary N) is 1. The van der Waals surface area contributed by atoms with Crippen molar-refractivity contribution in [3.05, 3.63) is 29.6 Å². The van der Waals surface area contributed by atoms with Gasteiger partial charge in [-0.05, 0) is 12.1 Å². The molecule has 0 saturated carbocycles. The van der Waals surface area contributed by atoms with Gasteiger partial charge in [0.25, 0.3) is 5.91 Å². The number of carboxylic acids is 1. The van der Waals surface area contributed by atoms with E-state index in [9.17, 15) is 18.8 Å². The number of benzene rings is 1. The average molecular weight is 270 g/mol. The largest absolute Gasteiger partial charge is 0.508 e. The fraction of sp³-hybridized carbons (Fsp3) is 0.182. The highest BCUT2D eigenvalue weighted by Crippen LogP contribution is 2.15. The number of carbonyl (C=O) groups excluding carboxylic acids is 2. The summed E-state index contributed by atoms with van der Waals surface area (Å²) in [5, 5.41) is 19.7. The number of amides is 2. The number of aromatic hydroxyl groups is 1. The van der Waals surface area contributed by atoms with Gasteiger partial charge in [-0.25, -0.2) is 9.18 Å². The number of carboxylic acid groups (broad SMARTS) is 1. The average Bonchev–Trinajstić information content (AvgIpc) is 2.26. The van der Waals surface area contributed by atoms with E-state index in [0.29, 0.717) is 6.07 Å². The number of phenolic OH excluding ortho intramolecular Hbond substituents is 1. The van der Waals surface area contributed by atoms with Crippen LogP contribution in [0.15, 0.2) is 18.2 Å². The Morgan fingerprint density at radius 1 is 1.37 bits per heavy atom. The number of halogens is 1. The van der Waals surface area contributed by atoms with E-state index in [1.807, 2.05) is 5.32 Å². The van der Waals surface area contributed by atoms with Crippen molar-refractivity contribution in [3.63, 3.8) is 0 Å². The quantitative estimate of drug-likeness (QED) is 0.578. The van der Waals surface area contributed by atoms with E-state index < -0.39 is 41.6 Å². The number of rotatable bonds is 5. The predicted molar refractivity (Wildman–Crippen MR) is 60.8 cm³/mol. The van der Waals surface area contributed by atoms with Gasteiger partial charge in [-0.3, -0.25) is 9.59 Å². The second kappa shape index (κ2) is 5.80. The lowest BCUT2D eigenvalue weighted by Gasteiger charge is -2.13. The summed E-state index contributed by atoms with van der Waals surface area (Å²) in [5.74, 6) is -4.79. The van der Waals surface area contributed by atoms with Crippen molar-refractivity contribution in [2.24, 2.45) is 5.73 Å². The van der Waals surface area contributed by atoms with Crippen LogP contribution in [-0.4, -0.2) is 34.0 Å². The smallest absolute Gasteiger partial charge is 0.326 e. The minimum Gasteiger partial charge on any atom is -0.508 e. The first-order chi connectivity index (χ1) is 8.81. The van der Waals surface area contributed by atoms with E-state index in [4.69, 9.17) is 15.9 Å². The fourth-order valence-corrected chi connectivity index (χ4v) is 1.33. The van der Waals surface area contributed by atoms with Crippen LogP contribution in [0.2, 0.25) is 0 Å². The predicted octanol–water partition coefficient (Wildman–Crippen LogP) is -0.410.